The topological polar surface area (TPSA) is 121 Å². The number of rotatable bonds is 7. The molecule has 182 valence electrons. The molecule has 0 bridgehead atoms. The van der Waals surface area contributed by atoms with Crippen molar-refractivity contribution in [1.29, 1.82) is 0 Å². The third kappa shape index (κ3) is 4.92. The lowest BCUT2D eigenvalue weighted by atomic mass is 9.95. The van der Waals surface area contributed by atoms with Gasteiger partial charge in [-0.3, -0.25) is 13.9 Å². The summed E-state index contributed by atoms with van der Waals surface area (Å²) < 4.78 is 13.3. The molecule has 0 fully saturated rings. The molecule has 0 saturated heterocycles. The summed E-state index contributed by atoms with van der Waals surface area (Å²) in [6.45, 7) is 1.03. The Morgan fingerprint density at radius 3 is 2.40 bits per heavy atom. The second-order valence-electron chi connectivity index (χ2n) is 7.77. The minimum absolute atomic E-state index is 0.0887. The second-order valence-corrected chi connectivity index (χ2v) is 8.21. The van der Waals surface area contributed by atoms with Crippen LogP contribution in [-0.4, -0.2) is 40.3 Å². The Morgan fingerprint density at radius 2 is 1.71 bits per heavy atom. The molecule has 1 unspecified atom stereocenters. The highest BCUT2D eigenvalue weighted by Crippen LogP contribution is 2.29. The van der Waals surface area contributed by atoms with E-state index in [-0.39, 0.29) is 30.1 Å². The molecular weight excluding hydrogens is 476 g/mol. The van der Waals surface area contributed by atoms with E-state index >= 15 is 0 Å². The number of amides is 2. The van der Waals surface area contributed by atoms with E-state index in [2.05, 4.69) is 10.6 Å². The summed E-state index contributed by atoms with van der Waals surface area (Å²) in [6, 6.07) is 12.3. The number of nitrogens with zero attached hydrogens (tertiary/aromatic N) is 2. The van der Waals surface area contributed by atoms with Gasteiger partial charge >= 0.3 is 23.7 Å². The van der Waals surface area contributed by atoms with Crippen LogP contribution in [0.15, 0.2) is 64.6 Å². The number of ether oxygens (including phenoxy) is 2. The molecule has 2 N–H and O–H groups in total. The van der Waals surface area contributed by atoms with Crippen LogP contribution < -0.4 is 16.3 Å². The molecule has 0 aliphatic carbocycles. The van der Waals surface area contributed by atoms with E-state index in [0.717, 1.165) is 0 Å². The van der Waals surface area contributed by atoms with Gasteiger partial charge < -0.3 is 20.1 Å². The van der Waals surface area contributed by atoms with Crippen LogP contribution in [-0.2, 0) is 32.7 Å². The van der Waals surface area contributed by atoms with Gasteiger partial charge in [-0.05, 0) is 36.8 Å². The average molecular weight is 499 g/mol. The quantitative estimate of drug-likeness (QED) is 0.483. The van der Waals surface area contributed by atoms with Crippen molar-refractivity contribution in [1.82, 2.24) is 19.8 Å². The maximum absolute atomic E-state index is 12.8. The SMILES string of the molecule is CCOC(=O)C1=C(COC(=O)Cn2c(=O)n(C)c3ccccc32)NC(=O)NC1c1ccc(Cl)cc1. The van der Waals surface area contributed by atoms with E-state index in [1.807, 2.05) is 0 Å². The molecule has 1 aliphatic heterocycles. The van der Waals surface area contributed by atoms with Crippen molar-refractivity contribution < 1.29 is 23.9 Å². The number of carbonyl (C=O) groups excluding carboxylic acids is 3. The standard InChI is InChI=1S/C24H23ClN4O6/c1-3-34-22(31)20-16(26-23(32)27-21(20)14-8-10-15(25)11-9-14)13-35-19(30)12-29-18-7-5-4-6-17(18)28(2)24(29)33/h4-11,21H,3,12-13H2,1-2H3,(H2,26,27,32). The highest BCUT2D eigenvalue weighted by molar-refractivity contribution is 6.30. The Kier molecular flexibility index (Phi) is 6.92. The van der Waals surface area contributed by atoms with E-state index in [4.69, 9.17) is 21.1 Å². The molecule has 0 radical (unpaired) electrons. The van der Waals surface area contributed by atoms with Crippen molar-refractivity contribution in [3.63, 3.8) is 0 Å². The van der Waals surface area contributed by atoms with Crippen LogP contribution >= 0.6 is 11.6 Å². The number of aryl methyl sites for hydroxylation is 1. The predicted octanol–water partition coefficient (Wildman–Crippen LogP) is 2.41. The number of para-hydroxylation sites is 2. The van der Waals surface area contributed by atoms with Crippen LogP contribution in [0.5, 0.6) is 0 Å². The van der Waals surface area contributed by atoms with Crippen molar-refractivity contribution in [3.05, 3.63) is 80.9 Å². The Hall–Kier alpha value is -4.05. The zero-order valence-corrected chi connectivity index (χ0v) is 19.8. The summed E-state index contributed by atoms with van der Waals surface area (Å²) in [7, 11) is 1.62. The largest absolute Gasteiger partial charge is 0.463 e. The molecule has 10 nitrogen and oxygen atoms in total. The number of hydrogen-bond donors (Lipinski definition) is 2. The van der Waals surface area contributed by atoms with Gasteiger partial charge in [0.1, 0.15) is 13.2 Å². The first-order valence-corrected chi connectivity index (χ1v) is 11.2. The Morgan fingerprint density at radius 1 is 1.03 bits per heavy atom. The molecule has 35 heavy (non-hydrogen) atoms. The van der Waals surface area contributed by atoms with Crippen LogP contribution in [0.25, 0.3) is 11.0 Å². The maximum atomic E-state index is 12.8. The van der Waals surface area contributed by atoms with Crippen LogP contribution in [0.1, 0.15) is 18.5 Å². The average Bonchev–Trinajstić information content (AvgIpc) is 3.08. The van der Waals surface area contributed by atoms with E-state index in [9.17, 15) is 19.2 Å². The predicted molar refractivity (Wildman–Crippen MR) is 128 cm³/mol. The van der Waals surface area contributed by atoms with Gasteiger partial charge in [-0.2, -0.15) is 0 Å². The van der Waals surface area contributed by atoms with Gasteiger partial charge in [0.2, 0.25) is 0 Å². The van der Waals surface area contributed by atoms with Gasteiger partial charge in [0.15, 0.2) is 0 Å². The highest BCUT2D eigenvalue weighted by atomic mass is 35.5. The molecule has 1 atom stereocenters. The molecular formula is C24H23ClN4O6. The lowest BCUT2D eigenvalue weighted by molar-refractivity contribution is -0.144. The number of fused-ring (bicyclic) bond motifs is 1. The zero-order chi connectivity index (χ0) is 25.1. The van der Waals surface area contributed by atoms with E-state index in [1.54, 1.807) is 62.5 Å². The van der Waals surface area contributed by atoms with Gasteiger partial charge in [-0.25, -0.2) is 14.4 Å². The molecule has 4 rings (SSSR count). The summed E-state index contributed by atoms with van der Waals surface area (Å²) in [4.78, 5) is 50.4. The molecule has 2 heterocycles. The van der Waals surface area contributed by atoms with E-state index < -0.39 is 30.6 Å². The van der Waals surface area contributed by atoms with Crippen molar-refractivity contribution >= 4 is 40.6 Å². The zero-order valence-electron chi connectivity index (χ0n) is 19.0. The fourth-order valence-corrected chi connectivity index (χ4v) is 4.06. The highest BCUT2D eigenvalue weighted by Gasteiger charge is 2.34. The van der Waals surface area contributed by atoms with Gasteiger partial charge in [0.05, 0.1) is 35.0 Å². The smallest absolute Gasteiger partial charge is 0.338 e. The van der Waals surface area contributed by atoms with Crippen LogP contribution in [0.2, 0.25) is 5.02 Å². The number of carbonyl (C=O) groups is 3. The Labute approximate surface area is 205 Å². The van der Waals surface area contributed by atoms with Crippen LogP contribution in [0.4, 0.5) is 4.79 Å². The van der Waals surface area contributed by atoms with Gasteiger partial charge in [0, 0.05) is 12.1 Å². The molecule has 1 aromatic heterocycles. The maximum Gasteiger partial charge on any atom is 0.338 e. The first kappa shape index (κ1) is 24.1. The number of halogens is 1. The Balaban J connectivity index is 1.60. The number of benzene rings is 2. The Bertz CT molecular complexity index is 1390. The van der Waals surface area contributed by atoms with Crippen molar-refractivity contribution in [3.8, 4) is 0 Å². The summed E-state index contributed by atoms with van der Waals surface area (Å²) in [6.07, 6.45) is 0. The molecule has 1 aliphatic rings. The van der Waals surface area contributed by atoms with Crippen LogP contribution in [0, 0.1) is 0 Å². The number of urea groups is 1. The summed E-state index contributed by atoms with van der Waals surface area (Å²) in [5.41, 5.74) is 1.68. The van der Waals surface area contributed by atoms with E-state index in [0.29, 0.717) is 21.6 Å². The minimum atomic E-state index is -0.838. The first-order valence-electron chi connectivity index (χ1n) is 10.8. The molecule has 3 aromatic rings. The van der Waals surface area contributed by atoms with Crippen molar-refractivity contribution in [2.24, 2.45) is 7.05 Å². The minimum Gasteiger partial charge on any atom is -0.463 e. The molecule has 11 heteroatoms. The lowest BCUT2D eigenvalue weighted by Crippen LogP contribution is -2.47. The third-order valence-electron chi connectivity index (χ3n) is 5.57. The number of aromatic nitrogens is 2. The van der Waals surface area contributed by atoms with Crippen molar-refractivity contribution in [2.45, 2.75) is 19.5 Å². The normalized spacial score (nSPS) is 15.5. The summed E-state index contributed by atoms with van der Waals surface area (Å²) >= 11 is 5.97. The van der Waals surface area contributed by atoms with Crippen molar-refractivity contribution in [2.75, 3.05) is 13.2 Å². The molecule has 0 saturated carbocycles. The monoisotopic (exact) mass is 498 g/mol. The number of esters is 2. The number of imidazole rings is 1. The molecule has 0 spiro atoms. The van der Waals surface area contributed by atoms with E-state index in [1.165, 1.54) is 9.13 Å². The fraction of sp³-hybridized carbons (Fsp3) is 0.250. The van der Waals surface area contributed by atoms with Crippen LogP contribution in [0.3, 0.4) is 0 Å². The van der Waals surface area contributed by atoms with Gasteiger partial charge in [0.25, 0.3) is 0 Å². The molecule has 2 amide bonds. The first-order chi connectivity index (χ1) is 16.8. The fourth-order valence-electron chi connectivity index (χ4n) is 3.93. The second kappa shape index (κ2) is 10.1. The lowest BCUT2D eigenvalue weighted by Gasteiger charge is -2.29. The molecule has 2 aromatic carbocycles. The number of hydrogen-bond acceptors (Lipinski definition) is 6. The third-order valence-corrected chi connectivity index (χ3v) is 5.82. The van der Waals surface area contributed by atoms with Gasteiger partial charge in [-0.15, -0.1) is 0 Å². The van der Waals surface area contributed by atoms with Gasteiger partial charge in [-0.1, -0.05) is 35.9 Å². The number of nitrogens with one attached hydrogen (secondary N) is 2. The summed E-state index contributed by atoms with van der Waals surface area (Å²) in [5.74, 6) is -1.38. The summed E-state index contributed by atoms with van der Waals surface area (Å²) in [5, 5.41) is 5.72.